The van der Waals surface area contributed by atoms with Crippen LogP contribution in [0.5, 0.6) is 5.75 Å². The molecule has 94 valence electrons. The Balaban J connectivity index is 2.10. The van der Waals surface area contributed by atoms with E-state index in [9.17, 15) is 0 Å². The molecule has 0 aliphatic carbocycles. The molecule has 1 aliphatic rings. The van der Waals surface area contributed by atoms with Crippen molar-refractivity contribution in [2.75, 3.05) is 6.61 Å². The molecular formula is C14H14BrNOS. The zero-order valence-corrected chi connectivity index (χ0v) is 12.5. The van der Waals surface area contributed by atoms with E-state index in [1.165, 1.54) is 16.0 Å². The second kappa shape index (κ2) is 4.68. The third kappa shape index (κ3) is 1.98. The lowest BCUT2D eigenvalue weighted by Crippen LogP contribution is -2.12. The molecule has 1 aromatic heterocycles. The summed E-state index contributed by atoms with van der Waals surface area (Å²) < 4.78 is 6.82. The molecule has 0 bridgehead atoms. The molecular weight excluding hydrogens is 310 g/mol. The molecule has 3 rings (SSSR count). The van der Waals surface area contributed by atoms with Crippen LogP contribution in [0.4, 0.5) is 0 Å². The number of halogens is 1. The first kappa shape index (κ1) is 12.2. The number of hydrogen-bond donors (Lipinski definition) is 1. The highest BCUT2D eigenvalue weighted by molar-refractivity contribution is 9.10. The fourth-order valence-corrected chi connectivity index (χ4v) is 3.84. The van der Waals surface area contributed by atoms with E-state index in [4.69, 9.17) is 10.5 Å². The van der Waals surface area contributed by atoms with Crippen molar-refractivity contribution in [2.24, 2.45) is 5.73 Å². The number of aryl methyl sites for hydroxylation is 1. The summed E-state index contributed by atoms with van der Waals surface area (Å²) in [6, 6.07) is 6.21. The van der Waals surface area contributed by atoms with Gasteiger partial charge in [-0.3, -0.25) is 0 Å². The molecule has 1 unspecified atom stereocenters. The smallest absolute Gasteiger partial charge is 0.127 e. The van der Waals surface area contributed by atoms with Crippen molar-refractivity contribution >= 4 is 27.3 Å². The molecule has 0 amide bonds. The summed E-state index contributed by atoms with van der Waals surface area (Å²) in [7, 11) is 0. The van der Waals surface area contributed by atoms with Gasteiger partial charge in [0.15, 0.2) is 0 Å². The van der Waals surface area contributed by atoms with Gasteiger partial charge in [0.1, 0.15) is 5.75 Å². The van der Waals surface area contributed by atoms with Gasteiger partial charge in [-0.1, -0.05) is 15.9 Å². The first-order chi connectivity index (χ1) is 8.66. The van der Waals surface area contributed by atoms with E-state index in [-0.39, 0.29) is 6.04 Å². The standard InChI is InChI=1S/C14H14BrNOS/c1-8-3-5-18-14(8)12(16)11-7-10(15)6-9-2-4-17-13(9)11/h3,5-7,12H,2,4,16H2,1H3. The topological polar surface area (TPSA) is 35.2 Å². The third-order valence-corrected chi connectivity index (χ3v) is 4.86. The number of hydrogen-bond acceptors (Lipinski definition) is 3. The third-order valence-electron chi connectivity index (χ3n) is 3.30. The Morgan fingerprint density at radius 1 is 1.44 bits per heavy atom. The Morgan fingerprint density at radius 2 is 2.28 bits per heavy atom. The number of fused-ring (bicyclic) bond motifs is 1. The summed E-state index contributed by atoms with van der Waals surface area (Å²) in [5, 5.41) is 2.09. The second-order valence-electron chi connectivity index (χ2n) is 4.53. The van der Waals surface area contributed by atoms with E-state index in [0.717, 1.165) is 28.8 Å². The average molecular weight is 324 g/mol. The zero-order chi connectivity index (χ0) is 12.7. The summed E-state index contributed by atoms with van der Waals surface area (Å²) >= 11 is 5.27. The van der Waals surface area contributed by atoms with Crippen LogP contribution in [0.3, 0.4) is 0 Å². The predicted octanol–water partition coefficient (Wildman–Crippen LogP) is 3.80. The van der Waals surface area contributed by atoms with E-state index >= 15 is 0 Å². The minimum atomic E-state index is -0.102. The number of nitrogens with two attached hydrogens (primary N) is 1. The quantitative estimate of drug-likeness (QED) is 0.912. The van der Waals surface area contributed by atoms with Gasteiger partial charge in [-0.25, -0.2) is 0 Å². The lowest BCUT2D eigenvalue weighted by Gasteiger charge is -2.16. The maximum absolute atomic E-state index is 6.41. The molecule has 0 radical (unpaired) electrons. The van der Waals surface area contributed by atoms with Crippen LogP contribution < -0.4 is 10.5 Å². The maximum atomic E-state index is 6.41. The summed E-state index contributed by atoms with van der Waals surface area (Å²) in [5.41, 5.74) is 10.0. The Bertz CT molecular complexity index is 593. The fraction of sp³-hybridized carbons (Fsp3) is 0.286. The van der Waals surface area contributed by atoms with Crippen molar-refractivity contribution in [1.82, 2.24) is 0 Å². The van der Waals surface area contributed by atoms with Gasteiger partial charge in [0.05, 0.1) is 12.6 Å². The van der Waals surface area contributed by atoms with Crippen LogP contribution >= 0.6 is 27.3 Å². The number of thiophene rings is 1. The molecule has 2 heterocycles. The number of rotatable bonds is 2. The molecule has 0 spiro atoms. The molecule has 1 atom stereocenters. The predicted molar refractivity (Wildman–Crippen MR) is 78.4 cm³/mol. The molecule has 1 aliphatic heterocycles. The average Bonchev–Trinajstić information content (AvgIpc) is 2.95. The van der Waals surface area contributed by atoms with Gasteiger partial charge < -0.3 is 10.5 Å². The summed E-state index contributed by atoms with van der Waals surface area (Å²) in [5.74, 6) is 0.985. The molecule has 1 aromatic carbocycles. The van der Waals surface area contributed by atoms with E-state index in [2.05, 4.69) is 46.4 Å². The van der Waals surface area contributed by atoms with Crippen LogP contribution in [0.15, 0.2) is 28.1 Å². The van der Waals surface area contributed by atoms with E-state index in [1.54, 1.807) is 11.3 Å². The van der Waals surface area contributed by atoms with E-state index < -0.39 is 0 Å². The molecule has 2 N–H and O–H groups in total. The normalized spacial score (nSPS) is 15.3. The molecule has 0 fully saturated rings. The zero-order valence-electron chi connectivity index (χ0n) is 10.1. The molecule has 18 heavy (non-hydrogen) atoms. The minimum absolute atomic E-state index is 0.102. The first-order valence-corrected chi connectivity index (χ1v) is 7.59. The highest BCUT2D eigenvalue weighted by atomic mass is 79.9. The first-order valence-electron chi connectivity index (χ1n) is 5.91. The van der Waals surface area contributed by atoms with Gasteiger partial charge in [0, 0.05) is 21.3 Å². The van der Waals surface area contributed by atoms with Crippen molar-refractivity contribution < 1.29 is 4.74 Å². The van der Waals surface area contributed by atoms with Crippen LogP contribution in [0.25, 0.3) is 0 Å². The Kier molecular flexibility index (Phi) is 3.18. The van der Waals surface area contributed by atoms with Crippen molar-refractivity contribution in [1.29, 1.82) is 0 Å². The van der Waals surface area contributed by atoms with Gasteiger partial charge >= 0.3 is 0 Å². The molecule has 2 nitrogen and oxygen atoms in total. The number of benzene rings is 1. The van der Waals surface area contributed by atoms with Crippen LogP contribution in [-0.2, 0) is 6.42 Å². The van der Waals surface area contributed by atoms with Gasteiger partial charge in [0.25, 0.3) is 0 Å². The van der Waals surface area contributed by atoms with E-state index in [0.29, 0.717) is 0 Å². The highest BCUT2D eigenvalue weighted by Gasteiger charge is 2.23. The Hall–Kier alpha value is -0.840. The van der Waals surface area contributed by atoms with Gasteiger partial charge in [0.2, 0.25) is 0 Å². The van der Waals surface area contributed by atoms with Crippen LogP contribution in [-0.4, -0.2) is 6.61 Å². The van der Waals surface area contributed by atoms with Crippen LogP contribution in [0.1, 0.15) is 27.6 Å². The SMILES string of the molecule is Cc1ccsc1C(N)c1cc(Br)cc2c1OCC2. The Labute approximate surface area is 119 Å². The maximum Gasteiger partial charge on any atom is 0.127 e. The van der Waals surface area contributed by atoms with E-state index in [1.807, 2.05) is 0 Å². The molecule has 0 saturated carbocycles. The largest absolute Gasteiger partial charge is 0.493 e. The lowest BCUT2D eigenvalue weighted by molar-refractivity contribution is 0.352. The Morgan fingerprint density at radius 3 is 3.00 bits per heavy atom. The van der Waals surface area contributed by atoms with Crippen molar-refractivity contribution in [3.05, 3.63) is 49.6 Å². The molecule has 2 aromatic rings. The van der Waals surface area contributed by atoms with Gasteiger partial charge in [-0.05, 0) is 41.6 Å². The van der Waals surface area contributed by atoms with Gasteiger partial charge in [-0.15, -0.1) is 11.3 Å². The van der Waals surface area contributed by atoms with Crippen LogP contribution in [0.2, 0.25) is 0 Å². The van der Waals surface area contributed by atoms with Crippen molar-refractivity contribution in [3.8, 4) is 5.75 Å². The molecule has 4 heteroatoms. The fourth-order valence-electron chi connectivity index (χ4n) is 2.37. The monoisotopic (exact) mass is 323 g/mol. The van der Waals surface area contributed by atoms with Crippen molar-refractivity contribution in [3.63, 3.8) is 0 Å². The minimum Gasteiger partial charge on any atom is -0.493 e. The molecule has 0 saturated heterocycles. The van der Waals surface area contributed by atoms with Crippen molar-refractivity contribution in [2.45, 2.75) is 19.4 Å². The summed E-state index contributed by atoms with van der Waals surface area (Å²) in [6.07, 6.45) is 0.970. The summed E-state index contributed by atoms with van der Waals surface area (Å²) in [6.45, 7) is 2.86. The highest BCUT2D eigenvalue weighted by Crippen LogP contribution is 2.39. The lowest BCUT2D eigenvalue weighted by atomic mass is 10.00. The summed E-state index contributed by atoms with van der Waals surface area (Å²) in [4.78, 5) is 1.21. The second-order valence-corrected chi connectivity index (χ2v) is 6.39. The van der Waals surface area contributed by atoms with Crippen LogP contribution in [0, 0.1) is 6.92 Å². The number of ether oxygens (including phenoxy) is 1. The van der Waals surface area contributed by atoms with Gasteiger partial charge in [-0.2, -0.15) is 0 Å².